The molecule has 0 unspecified atom stereocenters. The summed E-state index contributed by atoms with van der Waals surface area (Å²) < 4.78 is 15.6. The Morgan fingerprint density at radius 2 is 1.82 bits per heavy atom. The average molecular weight is 461 g/mol. The zero-order valence-corrected chi connectivity index (χ0v) is 20.1. The van der Waals surface area contributed by atoms with Crippen molar-refractivity contribution in [1.82, 2.24) is 24.3 Å². The van der Waals surface area contributed by atoms with Crippen LogP contribution in [0.2, 0.25) is 0 Å². The van der Waals surface area contributed by atoms with Gasteiger partial charge in [0.2, 0.25) is 11.9 Å². The molecular formula is C26H29FN6O. The molecule has 1 N–H and O–H groups in total. The molecule has 0 atom stereocenters. The van der Waals surface area contributed by atoms with Gasteiger partial charge in [-0.05, 0) is 67.5 Å². The maximum Gasteiger partial charge on any atom is 0.229 e. The summed E-state index contributed by atoms with van der Waals surface area (Å²) >= 11 is 0. The first kappa shape index (κ1) is 23.5. The molecule has 34 heavy (non-hydrogen) atoms. The SMILES string of the molecule is CN(C)Cc1ccn2c(-c3ccnc(NC(=O)CC(C)(C)C)n3)c(-c3ccc(F)cc3)nc2c1. The first-order valence-corrected chi connectivity index (χ1v) is 11.1. The lowest BCUT2D eigenvalue weighted by Gasteiger charge is -2.16. The highest BCUT2D eigenvalue weighted by Crippen LogP contribution is 2.32. The van der Waals surface area contributed by atoms with Crippen molar-refractivity contribution in [3.05, 3.63) is 66.2 Å². The van der Waals surface area contributed by atoms with E-state index in [0.717, 1.165) is 29.0 Å². The van der Waals surface area contributed by atoms with Crippen molar-refractivity contribution < 1.29 is 9.18 Å². The Labute approximate surface area is 198 Å². The van der Waals surface area contributed by atoms with Gasteiger partial charge in [0.1, 0.15) is 11.5 Å². The molecule has 0 radical (unpaired) electrons. The minimum atomic E-state index is -0.312. The molecular weight excluding hydrogens is 431 g/mol. The van der Waals surface area contributed by atoms with Crippen LogP contribution in [0, 0.1) is 11.2 Å². The van der Waals surface area contributed by atoms with Crippen LogP contribution in [0.3, 0.4) is 0 Å². The van der Waals surface area contributed by atoms with E-state index >= 15 is 0 Å². The van der Waals surface area contributed by atoms with E-state index in [1.54, 1.807) is 24.4 Å². The fourth-order valence-corrected chi connectivity index (χ4v) is 3.81. The van der Waals surface area contributed by atoms with Crippen molar-refractivity contribution in [1.29, 1.82) is 0 Å². The molecule has 3 aromatic heterocycles. The van der Waals surface area contributed by atoms with Crippen molar-refractivity contribution in [2.45, 2.75) is 33.7 Å². The lowest BCUT2D eigenvalue weighted by atomic mass is 9.92. The van der Waals surface area contributed by atoms with Crippen LogP contribution in [0.1, 0.15) is 32.8 Å². The van der Waals surface area contributed by atoms with Gasteiger partial charge >= 0.3 is 0 Å². The number of carbonyl (C=O) groups excluding carboxylic acids is 1. The molecule has 3 heterocycles. The Balaban J connectivity index is 1.81. The molecule has 0 aliphatic heterocycles. The van der Waals surface area contributed by atoms with Crippen LogP contribution in [0.25, 0.3) is 28.3 Å². The zero-order valence-electron chi connectivity index (χ0n) is 20.1. The Morgan fingerprint density at radius 3 is 2.50 bits per heavy atom. The maximum absolute atomic E-state index is 13.6. The number of hydrogen-bond donors (Lipinski definition) is 1. The van der Waals surface area contributed by atoms with E-state index in [9.17, 15) is 9.18 Å². The van der Waals surface area contributed by atoms with Crippen molar-refractivity contribution in [2.24, 2.45) is 5.41 Å². The quantitative estimate of drug-likeness (QED) is 0.437. The summed E-state index contributed by atoms with van der Waals surface area (Å²) in [5.74, 6) is -0.223. The van der Waals surface area contributed by atoms with Gasteiger partial charge in [0.15, 0.2) is 0 Å². The molecule has 176 valence electrons. The molecule has 0 saturated heterocycles. The normalized spacial score (nSPS) is 11.9. The molecule has 8 heteroatoms. The van der Waals surface area contributed by atoms with E-state index in [-0.39, 0.29) is 23.1 Å². The van der Waals surface area contributed by atoms with Crippen molar-refractivity contribution in [2.75, 3.05) is 19.4 Å². The highest BCUT2D eigenvalue weighted by atomic mass is 19.1. The third-order valence-electron chi connectivity index (χ3n) is 5.15. The largest absolute Gasteiger partial charge is 0.305 e. The number of halogens is 1. The van der Waals surface area contributed by atoms with Gasteiger partial charge in [-0.2, -0.15) is 0 Å². The molecule has 0 spiro atoms. The number of hydrogen-bond acceptors (Lipinski definition) is 5. The first-order chi connectivity index (χ1) is 16.1. The summed E-state index contributed by atoms with van der Waals surface area (Å²) in [6.07, 6.45) is 3.93. The number of pyridine rings is 1. The second kappa shape index (κ2) is 9.30. The van der Waals surface area contributed by atoms with Crippen LogP contribution in [0.4, 0.5) is 10.3 Å². The maximum atomic E-state index is 13.6. The standard InChI is InChI=1S/C26H29FN6O/c1-26(2,3)15-22(34)31-25-28-12-10-20(29-25)24-23(18-6-8-19(27)9-7-18)30-21-14-17(16-32(4)5)11-13-33(21)24/h6-14H,15-16H2,1-5H3,(H,28,29,31,34). The highest BCUT2D eigenvalue weighted by Gasteiger charge is 2.20. The Morgan fingerprint density at radius 1 is 1.09 bits per heavy atom. The molecule has 1 amide bonds. The molecule has 7 nitrogen and oxygen atoms in total. The highest BCUT2D eigenvalue weighted by molar-refractivity contribution is 5.89. The monoisotopic (exact) mass is 460 g/mol. The minimum absolute atomic E-state index is 0.144. The summed E-state index contributed by atoms with van der Waals surface area (Å²) in [5.41, 5.74) is 4.52. The number of nitrogens with one attached hydrogen (secondary N) is 1. The van der Waals surface area contributed by atoms with E-state index in [0.29, 0.717) is 17.8 Å². The molecule has 0 aliphatic rings. The number of anilines is 1. The molecule has 1 aromatic carbocycles. The van der Waals surface area contributed by atoms with Crippen LogP contribution < -0.4 is 5.32 Å². The van der Waals surface area contributed by atoms with E-state index in [1.807, 2.05) is 57.6 Å². The van der Waals surface area contributed by atoms with Crippen LogP contribution in [0.15, 0.2) is 54.9 Å². The number of aromatic nitrogens is 4. The van der Waals surface area contributed by atoms with E-state index in [2.05, 4.69) is 20.2 Å². The van der Waals surface area contributed by atoms with Gasteiger partial charge < -0.3 is 4.90 Å². The number of imidazole rings is 1. The van der Waals surface area contributed by atoms with Crippen LogP contribution in [-0.4, -0.2) is 44.3 Å². The van der Waals surface area contributed by atoms with Gasteiger partial charge in [-0.15, -0.1) is 0 Å². The number of fused-ring (bicyclic) bond motifs is 1. The molecule has 0 bridgehead atoms. The van der Waals surface area contributed by atoms with Gasteiger partial charge in [-0.25, -0.2) is 19.3 Å². The van der Waals surface area contributed by atoms with E-state index in [1.165, 1.54) is 12.1 Å². The van der Waals surface area contributed by atoms with Gasteiger partial charge in [0.25, 0.3) is 0 Å². The molecule has 4 rings (SSSR count). The summed E-state index contributed by atoms with van der Waals surface area (Å²) in [7, 11) is 4.03. The van der Waals surface area contributed by atoms with Gasteiger partial charge in [0, 0.05) is 30.9 Å². The van der Waals surface area contributed by atoms with Crippen LogP contribution in [-0.2, 0) is 11.3 Å². The third-order valence-corrected chi connectivity index (χ3v) is 5.15. The lowest BCUT2D eigenvalue weighted by molar-refractivity contribution is -0.117. The Hall–Kier alpha value is -3.65. The van der Waals surface area contributed by atoms with Crippen LogP contribution in [0.5, 0.6) is 0 Å². The van der Waals surface area contributed by atoms with E-state index in [4.69, 9.17) is 4.98 Å². The Bertz CT molecular complexity index is 1320. The number of amides is 1. The predicted molar refractivity (Wildman–Crippen MR) is 132 cm³/mol. The van der Waals surface area contributed by atoms with Crippen molar-refractivity contribution in [3.8, 4) is 22.6 Å². The van der Waals surface area contributed by atoms with Crippen molar-refractivity contribution >= 4 is 17.5 Å². The molecule has 4 aromatic rings. The molecule has 0 aliphatic carbocycles. The zero-order chi connectivity index (χ0) is 24.5. The smallest absolute Gasteiger partial charge is 0.229 e. The first-order valence-electron chi connectivity index (χ1n) is 11.1. The number of benzene rings is 1. The van der Waals surface area contributed by atoms with Crippen molar-refractivity contribution in [3.63, 3.8) is 0 Å². The minimum Gasteiger partial charge on any atom is -0.305 e. The average Bonchev–Trinajstić information content (AvgIpc) is 3.11. The summed E-state index contributed by atoms with van der Waals surface area (Å²) in [4.78, 5) is 28.3. The summed E-state index contributed by atoms with van der Waals surface area (Å²) in [6.45, 7) is 6.79. The summed E-state index contributed by atoms with van der Waals surface area (Å²) in [6, 6.07) is 12.1. The number of carbonyl (C=O) groups is 1. The van der Waals surface area contributed by atoms with Gasteiger partial charge in [-0.1, -0.05) is 20.8 Å². The van der Waals surface area contributed by atoms with E-state index < -0.39 is 0 Å². The molecule has 0 fully saturated rings. The predicted octanol–water partition coefficient (Wildman–Crippen LogP) is 5.03. The Kier molecular flexibility index (Phi) is 6.43. The summed E-state index contributed by atoms with van der Waals surface area (Å²) in [5, 5.41) is 2.80. The fraction of sp³-hybridized carbons (Fsp3) is 0.308. The second-order valence-electron chi connectivity index (χ2n) is 9.87. The van der Waals surface area contributed by atoms with Gasteiger partial charge in [0.05, 0.1) is 17.1 Å². The topological polar surface area (TPSA) is 75.4 Å². The number of nitrogens with zero attached hydrogens (tertiary/aromatic N) is 5. The molecule has 0 saturated carbocycles. The van der Waals surface area contributed by atoms with Crippen LogP contribution >= 0.6 is 0 Å². The second-order valence-corrected chi connectivity index (χ2v) is 9.87. The number of rotatable bonds is 6. The van der Waals surface area contributed by atoms with Gasteiger partial charge in [-0.3, -0.25) is 14.5 Å². The fourth-order valence-electron chi connectivity index (χ4n) is 3.81. The third kappa shape index (κ3) is 5.46. The lowest BCUT2D eigenvalue weighted by Crippen LogP contribution is -2.20.